The lowest BCUT2D eigenvalue weighted by Gasteiger charge is -2.22. The lowest BCUT2D eigenvalue weighted by molar-refractivity contribution is -0.121. The van der Waals surface area contributed by atoms with E-state index in [0.717, 1.165) is 18.4 Å². The van der Waals surface area contributed by atoms with Gasteiger partial charge in [-0.15, -0.1) is 0 Å². The smallest absolute Gasteiger partial charge is 0.257 e. The molecule has 0 atom stereocenters. The zero-order chi connectivity index (χ0) is 18.7. The molecule has 1 aliphatic carbocycles. The van der Waals surface area contributed by atoms with Crippen molar-refractivity contribution in [2.75, 3.05) is 6.54 Å². The highest BCUT2D eigenvalue weighted by Crippen LogP contribution is 2.20. The minimum absolute atomic E-state index is 0.0514. The van der Waals surface area contributed by atoms with Crippen LogP contribution in [0, 0.1) is 19.7 Å². The van der Waals surface area contributed by atoms with E-state index in [1.807, 2.05) is 0 Å². The number of nitrogens with zero attached hydrogens (tertiary/aromatic N) is 1. The number of nitrogens with one attached hydrogen (secondary N) is 1. The van der Waals surface area contributed by atoms with Gasteiger partial charge in [0.1, 0.15) is 17.3 Å². The molecule has 2 amide bonds. The first-order valence-electron chi connectivity index (χ1n) is 8.82. The summed E-state index contributed by atoms with van der Waals surface area (Å²) in [7, 11) is 0. The number of amides is 2. The molecule has 0 spiro atoms. The molecular formula is C20H23FN2O3. The second-order valence-corrected chi connectivity index (χ2v) is 6.77. The highest BCUT2D eigenvalue weighted by molar-refractivity contribution is 5.95. The Kier molecular flexibility index (Phi) is 5.40. The van der Waals surface area contributed by atoms with Gasteiger partial charge in [0, 0.05) is 25.6 Å². The van der Waals surface area contributed by atoms with Crippen molar-refractivity contribution >= 4 is 11.8 Å². The van der Waals surface area contributed by atoms with Gasteiger partial charge in [0.2, 0.25) is 5.91 Å². The molecule has 1 fully saturated rings. The van der Waals surface area contributed by atoms with Gasteiger partial charge in [-0.25, -0.2) is 4.39 Å². The van der Waals surface area contributed by atoms with E-state index in [-0.39, 0.29) is 24.1 Å². The first kappa shape index (κ1) is 18.2. The summed E-state index contributed by atoms with van der Waals surface area (Å²) in [4.78, 5) is 26.6. The number of hydrogen-bond donors (Lipinski definition) is 1. The Morgan fingerprint density at radius 2 is 1.92 bits per heavy atom. The summed E-state index contributed by atoms with van der Waals surface area (Å²) < 4.78 is 18.6. The van der Waals surface area contributed by atoms with Crippen LogP contribution in [-0.4, -0.2) is 29.3 Å². The fourth-order valence-electron chi connectivity index (χ4n) is 2.84. The zero-order valence-corrected chi connectivity index (χ0v) is 15.0. The van der Waals surface area contributed by atoms with Gasteiger partial charge in [0.25, 0.3) is 5.91 Å². The van der Waals surface area contributed by atoms with E-state index >= 15 is 0 Å². The van der Waals surface area contributed by atoms with Crippen molar-refractivity contribution in [1.82, 2.24) is 10.2 Å². The van der Waals surface area contributed by atoms with E-state index in [1.165, 1.54) is 12.1 Å². The fraction of sp³-hybridized carbons (Fsp3) is 0.400. The SMILES string of the molecule is Cc1cc(C(=O)N(CCC(=O)NC2CC2)Cc2ccc(F)cc2)c(C)o1. The number of halogens is 1. The molecule has 0 aliphatic heterocycles. The number of carbonyl (C=O) groups is 2. The van der Waals surface area contributed by atoms with E-state index in [1.54, 1.807) is 36.9 Å². The molecule has 0 saturated heterocycles. The quantitative estimate of drug-likeness (QED) is 0.826. The van der Waals surface area contributed by atoms with Gasteiger partial charge in [-0.05, 0) is 50.5 Å². The summed E-state index contributed by atoms with van der Waals surface area (Å²) in [6, 6.07) is 8.03. The van der Waals surface area contributed by atoms with Crippen LogP contribution in [0.25, 0.3) is 0 Å². The molecule has 1 saturated carbocycles. The summed E-state index contributed by atoms with van der Waals surface area (Å²) in [6.07, 6.45) is 2.29. The second kappa shape index (κ2) is 7.72. The minimum Gasteiger partial charge on any atom is -0.466 e. The molecule has 0 radical (unpaired) electrons. The predicted octanol–water partition coefficient (Wildman–Crippen LogP) is 3.35. The first-order valence-corrected chi connectivity index (χ1v) is 8.82. The van der Waals surface area contributed by atoms with Gasteiger partial charge in [-0.3, -0.25) is 9.59 Å². The van der Waals surface area contributed by atoms with Crippen LogP contribution in [0.5, 0.6) is 0 Å². The molecule has 5 nitrogen and oxygen atoms in total. The third kappa shape index (κ3) is 4.71. The molecule has 1 heterocycles. The Hall–Kier alpha value is -2.63. The molecule has 0 bridgehead atoms. The van der Waals surface area contributed by atoms with Crippen LogP contribution in [0.3, 0.4) is 0 Å². The maximum atomic E-state index is 13.1. The number of aryl methyl sites for hydroxylation is 2. The van der Waals surface area contributed by atoms with Crippen LogP contribution in [-0.2, 0) is 11.3 Å². The van der Waals surface area contributed by atoms with Crippen molar-refractivity contribution in [3.63, 3.8) is 0 Å². The highest BCUT2D eigenvalue weighted by atomic mass is 19.1. The molecule has 138 valence electrons. The van der Waals surface area contributed by atoms with Crippen LogP contribution >= 0.6 is 0 Å². The molecular weight excluding hydrogens is 335 g/mol. The average Bonchev–Trinajstić information content (AvgIpc) is 3.34. The maximum Gasteiger partial charge on any atom is 0.257 e. The first-order chi connectivity index (χ1) is 12.4. The van der Waals surface area contributed by atoms with Crippen molar-refractivity contribution in [3.05, 3.63) is 58.8 Å². The summed E-state index contributed by atoms with van der Waals surface area (Å²) in [5.41, 5.74) is 1.30. The van der Waals surface area contributed by atoms with Crippen LogP contribution in [0.4, 0.5) is 4.39 Å². The fourth-order valence-corrected chi connectivity index (χ4v) is 2.84. The van der Waals surface area contributed by atoms with Gasteiger partial charge in [0.05, 0.1) is 5.56 Å². The molecule has 2 aromatic rings. The topological polar surface area (TPSA) is 62.6 Å². The second-order valence-electron chi connectivity index (χ2n) is 6.77. The van der Waals surface area contributed by atoms with Crippen molar-refractivity contribution in [1.29, 1.82) is 0 Å². The van der Waals surface area contributed by atoms with Crippen LogP contribution < -0.4 is 5.32 Å². The van der Waals surface area contributed by atoms with Crippen molar-refractivity contribution < 1.29 is 18.4 Å². The molecule has 0 unspecified atom stereocenters. The largest absolute Gasteiger partial charge is 0.466 e. The predicted molar refractivity (Wildman–Crippen MR) is 95.1 cm³/mol. The van der Waals surface area contributed by atoms with Gasteiger partial charge in [-0.2, -0.15) is 0 Å². The van der Waals surface area contributed by atoms with E-state index in [2.05, 4.69) is 5.32 Å². The lowest BCUT2D eigenvalue weighted by Crippen LogP contribution is -2.35. The molecule has 1 N–H and O–H groups in total. The van der Waals surface area contributed by atoms with E-state index < -0.39 is 0 Å². The van der Waals surface area contributed by atoms with Gasteiger partial charge >= 0.3 is 0 Å². The monoisotopic (exact) mass is 358 g/mol. The third-order valence-electron chi connectivity index (χ3n) is 4.40. The third-order valence-corrected chi connectivity index (χ3v) is 4.40. The number of rotatable bonds is 7. The summed E-state index contributed by atoms with van der Waals surface area (Å²) in [5, 5.41) is 2.93. The van der Waals surface area contributed by atoms with Gasteiger partial charge in [0.15, 0.2) is 0 Å². The van der Waals surface area contributed by atoms with Crippen LogP contribution in [0.1, 0.15) is 46.7 Å². The summed E-state index contributed by atoms with van der Waals surface area (Å²) in [6.45, 7) is 4.13. The summed E-state index contributed by atoms with van der Waals surface area (Å²) >= 11 is 0. The molecule has 1 aliphatic rings. The zero-order valence-electron chi connectivity index (χ0n) is 15.0. The van der Waals surface area contributed by atoms with Crippen molar-refractivity contribution in [3.8, 4) is 0 Å². The number of benzene rings is 1. The Morgan fingerprint density at radius 3 is 2.50 bits per heavy atom. The van der Waals surface area contributed by atoms with E-state index in [9.17, 15) is 14.0 Å². The average molecular weight is 358 g/mol. The molecule has 3 rings (SSSR count). The Labute approximate surface area is 152 Å². The van der Waals surface area contributed by atoms with Crippen LogP contribution in [0.15, 0.2) is 34.7 Å². The van der Waals surface area contributed by atoms with Crippen molar-refractivity contribution in [2.24, 2.45) is 0 Å². The van der Waals surface area contributed by atoms with E-state index in [4.69, 9.17) is 4.42 Å². The molecule has 6 heteroatoms. The van der Waals surface area contributed by atoms with Crippen molar-refractivity contribution in [2.45, 2.75) is 45.7 Å². The highest BCUT2D eigenvalue weighted by Gasteiger charge is 2.25. The number of hydrogen-bond acceptors (Lipinski definition) is 3. The molecule has 1 aromatic carbocycles. The summed E-state index contributed by atoms with van der Waals surface area (Å²) in [5.74, 6) is 0.655. The van der Waals surface area contributed by atoms with Gasteiger partial charge in [-0.1, -0.05) is 12.1 Å². The number of carbonyl (C=O) groups excluding carboxylic acids is 2. The lowest BCUT2D eigenvalue weighted by atomic mass is 10.1. The maximum absolute atomic E-state index is 13.1. The molecule has 1 aromatic heterocycles. The van der Waals surface area contributed by atoms with Gasteiger partial charge < -0.3 is 14.6 Å². The Balaban J connectivity index is 1.72. The Bertz CT molecular complexity index is 794. The minimum atomic E-state index is -0.322. The Morgan fingerprint density at radius 1 is 1.23 bits per heavy atom. The standard InChI is InChI=1S/C20H23FN2O3/c1-13-11-18(14(2)26-13)20(25)23(10-9-19(24)22-17-7-8-17)12-15-3-5-16(21)6-4-15/h3-6,11,17H,7-10,12H2,1-2H3,(H,22,24). The normalized spacial score (nSPS) is 13.5. The number of furan rings is 1. The van der Waals surface area contributed by atoms with E-state index in [0.29, 0.717) is 36.2 Å². The molecule has 26 heavy (non-hydrogen) atoms. The van der Waals surface area contributed by atoms with Crippen LogP contribution in [0.2, 0.25) is 0 Å².